The van der Waals surface area contributed by atoms with E-state index in [0.29, 0.717) is 18.5 Å². The Hall–Kier alpha value is -0.870. The SMILES string of the molecule is CS(=O)(=O)CCN1CCC[C@H]1[C@H]1CCCc2ccccc21. The largest absolute Gasteiger partial charge is 0.299 e. The summed E-state index contributed by atoms with van der Waals surface area (Å²) in [5, 5.41) is 0. The van der Waals surface area contributed by atoms with Crippen LogP contribution in [0, 0.1) is 0 Å². The monoisotopic (exact) mass is 307 g/mol. The summed E-state index contributed by atoms with van der Waals surface area (Å²) in [5.74, 6) is 0.884. The Morgan fingerprint density at radius 1 is 1.19 bits per heavy atom. The second kappa shape index (κ2) is 6.09. The van der Waals surface area contributed by atoms with Crippen molar-refractivity contribution in [3.05, 3.63) is 35.4 Å². The Morgan fingerprint density at radius 2 is 2.00 bits per heavy atom. The van der Waals surface area contributed by atoms with Gasteiger partial charge in [-0.15, -0.1) is 0 Å². The van der Waals surface area contributed by atoms with Crippen LogP contribution in [0.25, 0.3) is 0 Å². The van der Waals surface area contributed by atoms with Gasteiger partial charge < -0.3 is 0 Å². The third kappa shape index (κ3) is 3.49. The highest BCUT2D eigenvalue weighted by atomic mass is 32.2. The molecule has 2 aliphatic rings. The molecule has 1 aliphatic heterocycles. The fourth-order valence-electron chi connectivity index (χ4n) is 4.06. The molecule has 1 saturated heterocycles. The summed E-state index contributed by atoms with van der Waals surface area (Å²) in [5.41, 5.74) is 3.02. The lowest BCUT2D eigenvalue weighted by Gasteiger charge is -2.35. The first-order valence-electron chi connectivity index (χ1n) is 8.04. The number of nitrogens with zero attached hydrogens (tertiary/aromatic N) is 1. The van der Waals surface area contributed by atoms with E-state index >= 15 is 0 Å². The van der Waals surface area contributed by atoms with Crippen LogP contribution in [-0.4, -0.2) is 44.5 Å². The van der Waals surface area contributed by atoms with Gasteiger partial charge in [0.1, 0.15) is 9.84 Å². The number of sulfone groups is 1. The van der Waals surface area contributed by atoms with Crippen LogP contribution in [0.5, 0.6) is 0 Å². The molecule has 0 spiro atoms. The van der Waals surface area contributed by atoms with E-state index in [0.717, 1.165) is 6.54 Å². The summed E-state index contributed by atoms with van der Waals surface area (Å²) in [4.78, 5) is 2.42. The number of hydrogen-bond acceptors (Lipinski definition) is 3. The maximum atomic E-state index is 11.4. The van der Waals surface area contributed by atoms with Crippen LogP contribution in [0.3, 0.4) is 0 Å². The van der Waals surface area contributed by atoms with Gasteiger partial charge in [-0.2, -0.15) is 0 Å². The summed E-state index contributed by atoms with van der Waals surface area (Å²) < 4.78 is 22.9. The molecular weight excluding hydrogens is 282 g/mol. The van der Waals surface area contributed by atoms with Crippen LogP contribution in [-0.2, 0) is 16.3 Å². The third-order valence-electron chi connectivity index (χ3n) is 5.04. The zero-order valence-corrected chi connectivity index (χ0v) is 13.6. The lowest BCUT2D eigenvalue weighted by molar-refractivity contribution is 0.223. The molecule has 4 heteroatoms. The highest BCUT2D eigenvalue weighted by molar-refractivity contribution is 7.90. The number of benzene rings is 1. The molecule has 0 N–H and O–H groups in total. The van der Waals surface area contributed by atoms with Crippen molar-refractivity contribution in [1.29, 1.82) is 0 Å². The van der Waals surface area contributed by atoms with Crippen molar-refractivity contribution in [2.75, 3.05) is 25.1 Å². The van der Waals surface area contributed by atoms with Crippen LogP contribution in [0.15, 0.2) is 24.3 Å². The lowest BCUT2D eigenvalue weighted by Crippen LogP contribution is -2.38. The molecule has 0 radical (unpaired) electrons. The summed E-state index contributed by atoms with van der Waals surface area (Å²) in [6.07, 6.45) is 7.46. The molecule has 1 aliphatic carbocycles. The fraction of sp³-hybridized carbons (Fsp3) is 0.647. The third-order valence-corrected chi connectivity index (χ3v) is 5.97. The second-order valence-corrected chi connectivity index (χ2v) is 8.83. The molecule has 21 heavy (non-hydrogen) atoms. The Labute approximate surface area is 128 Å². The van der Waals surface area contributed by atoms with E-state index in [1.807, 2.05) is 0 Å². The van der Waals surface area contributed by atoms with Crippen molar-refractivity contribution < 1.29 is 8.42 Å². The van der Waals surface area contributed by atoms with Gasteiger partial charge in [0.25, 0.3) is 0 Å². The Bertz CT molecular complexity index is 597. The van der Waals surface area contributed by atoms with E-state index in [1.165, 1.54) is 49.5 Å². The summed E-state index contributed by atoms with van der Waals surface area (Å²) in [6.45, 7) is 1.75. The number of aryl methyl sites for hydroxylation is 1. The molecule has 0 amide bonds. The lowest BCUT2D eigenvalue weighted by atomic mass is 9.78. The van der Waals surface area contributed by atoms with Gasteiger partial charge in [-0.3, -0.25) is 4.90 Å². The smallest absolute Gasteiger partial charge is 0.148 e. The van der Waals surface area contributed by atoms with Gasteiger partial charge in [-0.25, -0.2) is 8.42 Å². The molecule has 0 aromatic heterocycles. The molecule has 116 valence electrons. The van der Waals surface area contributed by atoms with E-state index < -0.39 is 9.84 Å². The Kier molecular flexibility index (Phi) is 4.36. The zero-order chi connectivity index (χ0) is 14.9. The second-order valence-electron chi connectivity index (χ2n) is 6.57. The average molecular weight is 307 g/mol. The van der Waals surface area contributed by atoms with Crippen molar-refractivity contribution in [1.82, 2.24) is 4.90 Å². The zero-order valence-electron chi connectivity index (χ0n) is 12.8. The number of fused-ring (bicyclic) bond motifs is 1. The van der Waals surface area contributed by atoms with Crippen molar-refractivity contribution >= 4 is 9.84 Å². The normalized spacial score (nSPS) is 26.7. The standard InChI is InChI=1S/C17H25NO2S/c1-21(19,20)13-12-18-11-5-10-17(18)16-9-4-7-14-6-2-3-8-15(14)16/h2-3,6,8,16-17H,4-5,7,9-13H2,1H3/t16-,17-/m0/s1. The molecule has 3 nitrogen and oxygen atoms in total. The molecule has 3 rings (SSSR count). The topological polar surface area (TPSA) is 37.4 Å². The van der Waals surface area contributed by atoms with E-state index in [4.69, 9.17) is 0 Å². The van der Waals surface area contributed by atoms with Crippen LogP contribution in [0.4, 0.5) is 0 Å². The summed E-state index contributed by atoms with van der Waals surface area (Å²) >= 11 is 0. The van der Waals surface area contributed by atoms with Crippen molar-refractivity contribution in [2.45, 2.75) is 44.1 Å². The maximum absolute atomic E-state index is 11.4. The van der Waals surface area contributed by atoms with Crippen LogP contribution >= 0.6 is 0 Å². The molecule has 0 unspecified atom stereocenters. The molecule has 1 heterocycles. The molecule has 0 saturated carbocycles. The number of likely N-dealkylation sites (tertiary alicyclic amines) is 1. The predicted octanol–water partition coefficient (Wildman–Crippen LogP) is 2.62. The first kappa shape index (κ1) is 15.0. The Morgan fingerprint density at radius 3 is 2.81 bits per heavy atom. The first-order valence-corrected chi connectivity index (χ1v) is 10.1. The van der Waals surface area contributed by atoms with Gasteiger partial charge in [-0.1, -0.05) is 24.3 Å². The Balaban J connectivity index is 1.77. The van der Waals surface area contributed by atoms with Gasteiger partial charge in [0.2, 0.25) is 0 Å². The van der Waals surface area contributed by atoms with Crippen molar-refractivity contribution in [2.24, 2.45) is 0 Å². The van der Waals surface area contributed by atoms with Gasteiger partial charge in [0.15, 0.2) is 0 Å². The van der Waals surface area contributed by atoms with Gasteiger partial charge in [0.05, 0.1) is 5.75 Å². The maximum Gasteiger partial charge on any atom is 0.148 e. The van der Waals surface area contributed by atoms with E-state index in [-0.39, 0.29) is 5.75 Å². The van der Waals surface area contributed by atoms with Gasteiger partial charge in [0, 0.05) is 18.8 Å². The summed E-state index contributed by atoms with van der Waals surface area (Å²) in [7, 11) is -2.87. The number of rotatable bonds is 4. The minimum Gasteiger partial charge on any atom is -0.299 e. The minimum absolute atomic E-state index is 0.290. The highest BCUT2D eigenvalue weighted by Crippen LogP contribution is 2.39. The molecule has 1 fully saturated rings. The van der Waals surface area contributed by atoms with E-state index in [9.17, 15) is 8.42 Å². The fourth-order valence-corrected chi connectivity index (χ4v) is 4.63. The number of hydrogen-bond donors (Lipinski definition) is 0. The highest BCUT2D eigenvalue weighted by Gasteiger charge is 2.34. The minimum atomic E-state index is -2.87. The molecule has 1 aromatic carbocycles. The summed E-state index contributed by atoms with van der Waals surface area (Å²) in [6, 6.07) is 9.36. The van der Waals surface area contributed by atoms with Crippen LogP contribution in [0.2, 0.25) is 0 Å². The van der Waals surface area contributed by atoms with Gasteiger partial charge in [-0.05, 0) is 55.7 Å². The quantitative estimate of drug-likeness (QED) is 0.858. The molecular formula is C17H25NO2S. The van der Waals surface area contributed by atoms with E-state index in [2.05, 4.69) is 29.2 Å². The molecule has 1 aromatic rings. The van der Waals surface area contributed by atoms with Crippen molar-refractivity contribution in [3.63, 3.8) is 0 Å². The van der Waals surface area contributed by atoms with Gasteiger partial charge >= 0.3 is 0 Å². The van der Waals surface area contributed by atoms with E-state index in [1.54, 1.807) is 0 Å². The average Bonchev–Trinajstić information content (AvgIpc) is 2.92. The van der Waals surface area contributed by atoms with Crippen molar-refractivity contribution in [3.8, 4) is 0 Å². The molecule has 0 bridgehead atoms. The first-order chi connectivity index (χ1) is 10.0. The molecule has 2 atom stereocenters. The van der Waals surface area contributed by atoms with Crippen LogP contribution in [0.1, 0.15) is 42.7 Å². The van der Waals surface area contributed by atoms with Crippen LogP contribution < -0.4 is 0 Å². The predicted molar refractivity (Wildman–Crippen MR) is 86.4 cm³/mol.